The van der Waals surface area contributed by atoms with E-state index in [-0.39, 0.29) is 32.6 Å². The second-order valence-corrected chi connectivity index (χ2v) is 8.38. The number of benzene rings is 1. The monoisotopic (exact) mass is 556 g/mol. The molecule has 0 aliphatic carbocycles. The van der Waals surface area contributed by atoms with Crippen LogP contribution in [0.25, 0.3) is 0 Å². The molecule has 17 heteroatoms. The molecular formula is C16H6Cl3F7N4O2S. The lowest BCUT2D eigenvalue weighted by Gasteiger charge is -2.30. The summed E-state index contributed by atoms with van der Waals surface area (Å²) in [7, 11) is 0. The van der Waals surface area contributed by atoms with Gasteiger partial charge in [-0.05, 0) is 18.2 Å². The Hall–Kier alpha value is -2.29. The number of amides is 1. The molecule has 2 rings (SSSR count). The van der Waals surface area contributed by atoms with E-state index in [2.05, 4.69) is 15.3 Å². The van der Waals surface area contributed by atoms with Gasteiger partial charge in [0.2, 0.25) is 0 Å². The van der Waals surface area contributed by atoms with Crippen molar-refractivity contribution in [2.75, 3.05) is 0 Å². The van der Waals surface area contributed by atoms with Crippen molar-refractivity contribution in [3.63, 3.8) is 0 Å². The largest absolute Gasteiger partial charge is 0.435 e. The SMILES string of the molecule is NN=C(C=Nc1c(Cl)cc(C(F)(C(F)(F)F)C(F)(F)F)cc1Cl)c1cc(C(=O)N=O)c(Cl)s1. The number of aliphatic imine (C=N–C) groups is 1. The average Bonchev–Trinajstić information content (AvgIpc) is 3.08. The number of carbonyl (C=O) groups excluding carboxylic acids is 1. The second-order valence-electron chi connectivity index (χ2n) is 5.91. The molecule has 2 aromatic rings. The van der Waals surface area contributed by atoms with E-state index in [1.54, 1.807) is 0 Å². The number of thiophene rings is 1. The van der Waals surface area contributed by atoms with Gasteiger partial charge < -0.3 is 5.84 Å². The van der Waals surface area contributed by atoms with Gasteiger partial charge in [0.25, 0.3) is 0 Å². The molecule has 0 saturated carbocycles. The van der Waals surface area contributed by atoms with E-state index in [0.717, 1.165) is 23.6 Å². The summed E-state index contributed by atoms with van der Waals surface area (Å²) in [5, 5.41) is 3.84. The number of hydrogen-bond donors (Lipinski definition) is 1. The van der Waals surface area contributed by atoms with Crippen LogP contribution >= 0.6 is 46.1 Å². The Bertz CT molecular complexity index is 1120. The van der Waals surface area contributed by atoms with Gasteiger partial charge in [-0.2, -0.15) is 31.4 Å². The van der Waals surface area contributed by atoms with Crippen molar-refractivity contribution in [1.29, 1.82) is 0 Å². The van der Waals surface area contributed by atoms with Gasteiger partial charge in [-0.1, -0.05) is 34.8 Å². The van der Waals surface area contributed by atoms with Crippen LogP contribution in [-0.4, -0.2) is 30.2 Å². The Balaban J connectivity index is 2.51. The van der Waals surface area contributed by atoms with Crippen molar-refractivity contribution >= 4 is 69.7 Å². The van der Waals surface area contributed by atoms with Crippen LogP contribution in [-0.2, 0) is 5.67 Å². The number of nitrogens with zero attached hydrogens (tertiary/aromatic N) is 3. The van der Waals surface area contributed by atoms with Crippen LogP contribution in [0.4, 0.5) is 36.4 Å². The number of halogens is 10. The van der Waals surface area contributed by atoms with E-state index in [0.29, 0.717) is 0 Å². The summed E-state index contributed by atoms with van der Waals surface area (Å²) >= 11 is 18.0. The first-order chi connectivity index (χ1) is 15.1. The number of alkyl halides is 7. The summed E-state index contributed by atoms with van der Waals surface area (Å²) in [5.41, 5.74) is -8.67. The predicted octanol–water partition coefficient (Wildman–Crippen LogP) is 6.97. The fraction of sp³-hybridized carbons (Fsp3) is 0.188. The highest BCUT2D eigenvalue weighted by atomic mass is 35.5. The van der Waals surface area contributed by atoms with Crippen LogP contribution in [0.1, 0.15) is 20.8 Å². The molecule has 0 fully saturated rings. The zero-order valence-electron chi connectivity index (χ0n) is 15.2. The van der Waals surface area contributed by atoms with Gasteiger partial charge in [0.1, 0.15) is 15.7 Å². The molecule has 0 radical (unpaired) electrons. The fourth-order valence-electron chi connectivity index (χ4n) is 2.35. The molecule has 178 valence electrons. The standard InChI is InChI=1S/C16H6Cl3F7N4O2S/c17-7-1-5(14(20,15(21,22)23)16(24,25)26)2-8(18)11(7)28-4-9(29-27)10-3-6(12(19)33-10)13(31)30-32/h1-4H,27H2. The van der Waals surface area contributed by atoms with E-state index < -0.39 is 45.2 Å². The molecular weight excluding hydrogens is 552 g/mol. The molecule has 33 heavy (non-hydrogen) atoms. The molecule has 1 heterocycles. The number of rotatable bonds is 5. The van der Waals surface area contributed by atoms with E-state index in [1.807, 2.05) is 0 Å². The van der Waals surface area contributed by atoms with Crippen molar-refractivity contribution in [2.45, 2.75) is 18.0 Å². The topological polar surface area (TPSA) is 97.2 Å². The summed E-state index contributed by atoms with van der Waals surface area (Å²) in [5.74, 6) is 4.02. The maximum atomic E-state index is 14.2. The molecule has 6 nitrogen and oxygen atoms in total. The lowest BCUT2D eigenvalue weighted by Crippen LogP contribution is -2.50. The highest BCUT2D eigenvalue weighted by Gasteiger charge is 2.73. The second kappa shape index (κ2) is 9.52. The first kappa shape index (κ1) is 27.0. The lowest BCUT2D eigenvalue weighted by molar-refractivity contribution is -0.348. The van der Waals surface area contributed by atoms with Crippen LogP contribution in [0.3, 0.4) is 0 Å². The van der Waals surface area contributed by atoms with E-state index in [1.165, 1.54) is 0 Å². The Morgan fingerprint density at radius 3 is 1.91 bits per heavy atom. The fourth-order valence-corrected chi connectivity index (χ4v) is 4.16. The molecule has 0 bridgehead atoms. The van der Waals surface area contributed by atoms with Crippen LogP contribution < -0.4 is 5.84 Å². The molecule has 0 aliphatic rings. The maximum absolute atomic E-state index is 14.2. The third-order valence-corrected chi connectivity index (χ3v) is 5.86. The highest BCUT2D eigenvalue weighted by Crippen LogP contribution is 2.54. The minimum Gasteiger partial charge on any atom is -0.323 e. The number of carbonyl (C=O) groups is 1. The first-order valence-electron chi connectivity index (χ1n) is 7.89. The van der Waals surface area contributed by atoms with Crippen LogP contribution in [0.15, 0.2) is 33.5 Å². The number of nitrogens with two attached hydrogens (primary N) is 1. The molecule has 0 spiro atoms. The van der Waals surface area contributed by atoms with Gasteiger partial charge in [-0.25, -0.2) is 4.39 Å². The Kier molecular flexibility index (Phi) is 7.78. The molecule has 1 aromatic heterocycles. The molecule has 0 atom stereocenters. The molecule has 2 N–H and O–H groups in total. The third-order valence-electron chi connectivity index (χ3n) is 3.90. The minimum absolute atomic E-state index is 0.0783. The Morgan fingerprint density at radius 2 is 1.48 bits per heavy atom. The molecule has 0 aliphatic heterocycles. The average molecular weight is 558 g/mol. The first-order valence-corrected chi connectivity index (χ1v) is 9.84. The minimum atomic E-state index is -6.37. The van der Waals surface area contributed by atoms with Crippen molar-refractivity contribution in [3.8, 4) is 0 Å². The summed E-state index contributed by atoms with van der Waals surface area (Å²) in [6, 6.07) is 1.24. The zero-order valence-corrected chi connectivity index (χ0v) is 18.3. The number of hydrazone groups is 1. The summed E-state index contributed by atoms with van der Waals surface area (Å²) in [6.07, 6.45) is -11.9. The van der Waals surface area contributed by atoms with Gasteiger partial charge >= 0.3 is 23.9 Å². The molecule has 0 saturated heterocycles. The summed E-state index contributed by atoms with van der Waals surface area (Å²) in [6.45, 7) is 0. The smallest absolute Gasteiger partial charge is 0.323 e. The van der Waals surface area contributed by atoms with Gasteiger partial charge in [0.15, 0.2) is 0 Å². The zero-order chi connectivity index (χ0) is 25.4. The maximum Gasteiger partial charge on any atom is 0.435 e. The van der Waals surface area contributed by atoms with E-state index in [9.17, 15) is 40.4 Å². The van der Waals surface area contributed by atoms with Gasteiger partial charge in [0.05, 0.1) is 26.7 Å². The lowest BCUT2D eigenvalue weighted by atomic mass is 9.94. The number of hydrogen-bond acceptors (Lipinski definition) is 6. The van der Waals surface area contributed by atoms with Crippen molar-refractivity contribution in [2.24, 2.45) is 21.1 Å². The number of nitroso groups, excluding NO2 is 1. The highest BCUT2D eigenvalue weighted by molar-refractivity contribution is 7.19. The van der Waals surface area contributed by atoms with E-state index >= 15 is 0 Å². The molecule has 1 aromatic carbocycles. The predicted molar refractivity (Wildman–Crippen MR) is 110 cm³/mol. The van der Waals surface area contributed by atoms with Crippen molar-refractivity contribution in [3.05, 3.63) is 53.5 Å². The normalized spacial score (nSPS) is 13.6. The third kappa shape index (κ3) is 5.13. The quantitative estimate of drug-likeness (QED) is 0.141. The molecule has 0 unspecified atom stereocenters. The van der Waals surface area contributed by atoms with Crippen molar-refractivity contribution in [1.82, 2.24) is 0 Å². The summed E-state index contributed by atoms with van der Waals surface area (Å²) in [4.78, 5) is 25.6. The Morgan fingerprint density at radius 1 is 0.970 bits per heavy atom. The van der Waals surface area contributed by atoms with Crippen LogP contribution in [0.2, 0.25) is 14.4 Å². The summed E-state index contributed by atoms with van der Waals surface area (Å²) < 4.78 is 91.8. The molecule has 1 amide bonds. The van der Waals surface area contributed by atoms with E-state index in [4.69, 9.17) is 40.6 Å². The van der Waals surface area contributed by atoms with Crippen LogP contribution in [0.5, 0.6) is 0 Å². The van der Waals surface area contributed by atoms with Gasteiger partial charge in [-0.3, -0.25) is 9.79 Å². The van der Waals surface area contributed by atoms with Gasteiger partial charge in [-0.15, -0.1) is 16.2 Å². The Labute approximate surface area is 197 Å². The van der Waals surface area contributed by atoms with Crippen molar-refractivity contribution < 1.29 is 35.5 Å². The van der Waals surface area contributed by atoms with Crippen LogP contribution in [0, 0.1) is 4.91 Å². The van der Waals surface area contributed by atoms with Gasteiger partial charge in [0, 0.05) is 10.7 Å².